The van der Waals surface area contributed by atoms with Gasteiger partial charge >= 0.3 is 11.9 Å². The highest BCUT2D eigenvalue weighted by Gasteiger charge is 2.11. The molecule has 0 atom stereocenters. The number of hydrogen-bond donors (Lipinski definition) is 1. The van der Waals surface area contributed by atoms with Gasteiger partial charge in [0.25, 0.3) is 0 Å². The zero-order chi connectivity index (χ0) is 15.2. The average molecular weight is 306 g/mol. The number of carbonyl (C=O) groups is 2. The summed E-state index contributed by atoms with van der Waals surface area (Å²) in [6, 6.07) is 10.6. The number of carboxylic acids is 1. The van der Waals surface area contributed by atoms with Crippen molar-refractivity contribution in [2.24, 2.45) is 0 Å². The lowest BCUT2D eigenvalue weighted by molar-refractivity contribution is -0.139. The van der Waals surface area contributed by atoms with Crippen LogP contribution in [0.15, 0.2) is 45.9 Å². The number of hydrogen-bond acceptors (Lipinski definition) is 5. The number of ether oxygens (including phenoxy) is 1. The molecule has 0 unspecified atom stereocenters. The Morgan fingerprint density at radius 1 is 1.19 bits per heavy atom. The third-order valence-corrected chi connectivity index (χ3v) is 3.80. The fraction of sp³-hybridized carbons (Fsp3) is 0.200. The predicted octanol–water partition coefficient (Wildman–Crippen LogP) is 2.99. The van der Waals surface area contributed by atoms with E-state index >= 15 is 0 Å². The average Bonchev–Trinajstić information content (AvgIpc) is 2.95. The summed E-state index contributed by atoms with van der Waals surface area (Å²) >= 11 is 1.38. The van der Waals surface area contributed by atoms with Crippen molar-refractivity contribution < 1.29 is 23.8 Å². The minimum absolute atomic E-state index is 0.0830. The lowest BCUT2D eigenvalue weighted by atomic mass is 10.1. The highest BCUT2D eigenvalue weighted by Crippen LogP contribution is 2.26. The van der Waals surface area contributed by atoms with Gasteiger partial charge in [-0.05, 0) is 23.3 Å². The molecule has 0 radical (unpaired) electrons. The number of esters is 1. The minimum atomic E-state index is -1.09. The Bertz CT molecular complexity index is 647. The van der Waals surface area contributed by atoms with Crippen LogP contribution in [0.4, 0.5) is 0 Å². The highest BCUT2D eigenvalue weighted by molar-refractivity contribution is 7.98. The van der Waals surface area contributed by atoms with Crippen molar-refractivity contribution in [3.8, 4) is 0 Å². The van der Waals surface area contributed by atoms with Crippen molar-refractivity contribution in [2.75, 3.05) is 7.11 Å². The molecule has 0 saturated heterocycles. The zero-order valence-corrected chi connectivity index (χ0v) is 12.2. The lowest BCUT2D eigenvalue weighted by Crippen LogP contribution is -2.06. The number of aromatic carboxylic acids is 1. The van der Waals surface area contributed by atoms with E-state index in [1.54, 1.807) is 6.07 Å². The molecule has 1 aromatic carbocycles. The zero-order valence-electron chi connectivity index (χ0n) is 11.4. The number of rotatable bonds is 6. The molecule has 2 aromatic rings. The first kappa shape index (κ1) is 15.2. The van der Waals surface area contributed by atoms with Gasteiger partial charge in [-0.15, -0.1) is 0 Å². The second kappa shape index (κ2) is 6.99. The van der Waals surface area contributed by atoms with Gasteiger partial charge in [0.05, 0.1) is 13.5 Å². The molecule has 0 aliphatic rings. The second-order valence-corrected chi connectivity index (χ2v) is 5.21. The van der Waals surface area contributed by atoms with E-state index in [-0.39, 0.29) is 18.2 Å². The van der Waals surface area contributed by atoms with Gasteiger partial charge in [0.15, 0.2) is 5.09 Å². The molecule has 1 N–H and O–H groups in total. The molecule has 1 aromatic heterocycles. The van der Waals surface area contributed by atoms with E-state index in [2.05, 4.69) is 4.74 Å². The smallest absolute Gasteiger partial charge is 0.371 e. The number of benzene rings is 1. The van der Waals surface area contributed by atoms with Gasteiger partial charge in [-0.25, -0.2) is 4.79 Å². The molecule has 6 heteroatoms. The summed E-state index contributed by atoms with van der Waals surface area (Å²) in [5.74, 6) is -0.883. The fourth-order valence-electron chi connectivity index (χ4n) is 1.76. The van der Waals surface area contributed by atoms with Gasteiger partial charge in [0.2, 0.25) is 5.76 Å². The van der Waals surface area contributed by atoms with Crippen LogP contribution in [0.1, 0.15) is 21.7 Å². The highest BCUT2D eigenvalue weighted by atomic mass is 32.2. The molecule has 1 heterocycles. The van der Waals surface area contributed by atoms with Crippen molar-refractivity contribution in [3.05, 3.63) is 53.3 Å². The SMILES string of the molecule is COC(=O)Cc1ccccc1CSc1ccc(C(=O)O)o1. The molecular formula is C15H14O5S. The predicted molar refractivity (Wildman–Crippen MR) is 77.4 cm³/mol. The Labute approximate surface area is 125 Å². The first-order valence-electron chi connectivity index (χ1n) is 6.19. The molecule has 0 aliphatic carbocycles. The summed E-state index contributed by atoms with van der Waals surface area (Å²) in [5, 5.41) is 9.33. The van der Waals surface area contributed by atoms with Crippen LogP contribution < -0.4 is 0 Å². The maximum atomic E-state index is 11.4. The van der Waals surface area contributed by atoms with Gasteiger partial charge in [0.1, 0.15) is 0 Å². The Hall–Kier alpha value is -2.21. The van der Waals surface area contributed by atoms with Crippen molar-refractivity contribution in [1.29, 1.82) is 0 Å². The van der Waals surface area contributed by atoms with Gasteiger partial charge in [-0.2, -0.15) is 0 Å². The van der Waals surface area contributed by atoms with Crippen molar-refractivity contribution in [2.45, 2.75) is 17.3 Å². The molecule has 2 rings (SSSR count). The number of methoxy groups -OCH3 is 1. The van der Waals surface area contributed by atoms with Gasteiger partial charge in [-0.3, -0.25) is 4.79 Å². The largest absolute Gasteiger partial charge is 0.475 e. The fourth-order valence-corrected chi connectivity index (χ4v) is 2.65. The van der Waals surface area contributed by atoms with Gasteiger partial charge < -0.3 is 14.3 Å². The van der Waals surface area contributed by atoms with Crippen LogP contribution in [-0.4, -0.2) is 24.2 Å². The van der Waals surface area contributed by atoms with Crippen LogP contribution in [0, 0.1) is 0 Å². The molecule has 21 heavy (non-hydrogen) atoms. The van der Waals surface area contributed by atoms with E-state index < -0.39 is 5.97 Å². The van der Waals surface area contributed by atoms with Crippen LogP contribution in [0.25, 0.3) is 0 Å². The Kier molecular flexibility index (Phi) is 5.05. The van der Waals surface area contributed by atoms with Crippen molar-refractivity contribution in [3.63, 3.8) is 0 Å². The van der Waals surface area contributed by atoms with Crippen molar-refractivity contribution in [1.82, 2.24) is 0 Å². The molecule has 5 nitrogen and oxygen atoms in total. The Morgan fingerprint density at radius 2 is 1.90 bits per heavy atom. The van der Waals surface area contributed by atoms with E-state index in [0.717, 1.165) is 11.1 Å². The summed E-state index contributed by atoms with van der Waals surface area (Å²) < 4.78 is 9.85. The van der Waals surface area contributed by atoms with Crippen LogP contribution in [0.2, 0.25) is 0 Å². The van der Waals surface area contributed by atoms with Gasteiger partial charge in [-0.1, -0.05) is 36.0 Å². The topological polar surface area (TPSA) is 76.7 Å². The summed E-state index contributed by atoms with van der Waals surface area (Å²) in [6.45, 7) is 0. The number of thioether (sulfide) groups is 1. The van der Waals surface area contributed by atoms with E-state index in [0.29, 0.717) is 10.8 Å². The maximum Gasteiger partial charge on any atom is 0.371 e. The molecule has 0 amide bonds. The molecular weight excluding hydrogens is 292 g/mol. The van der Waals surface area contributed by atoms with E-state index in [4.69, 9.17) is 9.52 Å². The molecule has 0 spiro atoms. The quantitative estimate of drug-likeness (QED) is 0.653. The van der Waals surface area contributed by atoms with Crippen LogP contribution in [-0.2, 0) is 21.7 Å². The summed E-state index contributed by atoms with van der Waals surface area (Å²) in [6.07, 6.45) is 0.214. The first-order valence-corrected chi connectivity index (χ1v) is 7.18. The number of carbonyl (C=O) groups excluding carboxylic acids is 1. The Morgan fingerprint density at radius 3 is 2.52 bits per heavy atom. The van der Waals surface area contributed by atoms with Crippen LogP contribution >= 0.6 is 11.8 Å². The number of carboxylic acid groups (broad SMARTS) is 1. The third-order valence-electron chi connectivity index (χ3n) is 2.84. The Balaban J connectivity index is 2.05. The lowest BCUT2D eigenvalue weighted by Gasteiger charge is -2.07. The summed E-state index contributed by atoms with van der Waals surface area (Å²) in [4.78, 5) is 22.1. The van der Waals surface area contributed by atoms with E-state index in [1.165, 1.54) is 24.9 Å². The monoisotopic (exact) mass is 306 g/mol. The molecule has 0 saturated carbocycles. The summed E-state index contributed by atoms with van der Waals surface area (Å²) in [7, 11) is 1.36. The first-order chi connectivity index (χ1) is 10.1. The van der Waals surface area contributed by atoms with Gasteiger partial charge in [0, 0.05) is 5.75 Å². The molecule has 0 fully saturated rings. The maximum absolute atomic E-state index is 11.4. The third kappa shape index (κ3) is 4.13. The number of furan rings is 1. The van der Waals surface area contributed by atoms with Crippen LogP contribution in [0.3, 0.4) is 0 Å². The second-order valence-electron chi connectivity index (χ2n) is 4.23. The summed E-state index contributed by atoms with van der Waals surface area (Å²) in [5.41, 5.74) is 1.88. The molecule has 0 aliphatic heterocycles. The van der Waals surface area contributed by atoms with Crippen LogP contribution in [0.5, 0.6) is 0 Å². The van der Waals surface area contributed by atoms with E-state index in [9.17, 15) is 9.59 Å². The normalized spacial score (nSPS) is 10.3. The van der Waals surface area contributed by atoms with Crippen molar-refractivity contribution >= 4 is 23.7 Å². The minimum Gasteiger partial charge on any atom is -0.475 e. The standard InChI is InChI=1S/C15H14O5S/c1-19-13(16)8-10-4-2-3-5-11(10)9-21-14-7-6-12(20-14)15(17)18/h2-7H,8-9H2,1H3,(H,17,18). The molecule has 110 valence electrons. The molecule has 0 bridgehead atoms. The van der Waals surface area contributed by atoms with E-state index in [1.807, 2.05) is 24.3 Å².